The lowest BCUT2D eigenvalue weighted by atomic mass is 10.0. The Kier molecular flexibility index (Phi) is 6.56. The van der Waals surface area contributed by atoms with Crippen molar-refractivity contribution in [3.8, 4) is 6.07 Å². The summed E-state index contributed by atoms with van der Waals surface area (Å²) in [5.41, 5.74) is -1.35. The Morgan fingerprint density at radius 2 is 1.90 bits per heavy atom. The second-order valence-corrected chi connectivity index (χ2v) is 7.02. The number of pyridine rings is 1. The van der Waals surface area contributed by atoms with Gasteiger partial charge in [-0.05, 0) is 43.2 Å². The number of nitrogens with one attached hydrogen (secondary N) is 1. The molecule has 0 radical (unpaired) electrons. The van der Waals surface area contributed by atoms with Crippen LogP contribution in [0, 0.1) is 11.3 Å². The highest BCUT2D eigenvalue weighted by Crippen LogP contribution is 2.32. The lowest BCUT2D eigenvalue weighted by molar-refractivity contribution is -0.137. The van der Waals surface area contributed by atoms with Crippen LogP contribution in [-0.4, -0.2) is 48.0 Å². The summed E-state index contributed by atoms with van der Waals surface area (Å²) in [4.78, 5) is 30.5. The van der Waals surface area contributed by atoms with E-state index in [-0.39, 0.29) is 28.6 Å². The molecule has 1 aromatic carbocycles. The number of rotatable bonds is 4. The van der Waals surface area contributed by atoms with Gasteiger partial charge in [0.15, 0.2) is 0 Å². The van der Waals surface area contributed by atoms with E-state index in [0.717, 1.165) is 12.1 Å². The van der Waals surface area contributed by atoms with Crippen LogP contribution < -0.4 is 5.32 Å². The van der Waals surface area contributed by atoms with Gasteiger partial charge in [0.2, 0.25) is 0 Å². The number of carbonyl (C=O) groups is 2. The monoisotopic (exact) mass is 432 g/mol. The third kappa shape index (κ3) is 5.38. The van der Waals surface area contributed by atoms with Gasteiger partial charge in [-0.25, -0.2) is 4.98 Å². The van der Waals surface area contributed by atoms with E-state index in [1.807, 2.05) is 0 Å². The van der Waals surface area contributed by atoms with Crippen molar-refractivity contribution < 1.29 is 27.5 Å². The first-order chi connectivity index (χ1) is 14.7. The molecule has 1 aliphatic heterocycles. The summed E-state index contributed by atoms with van der Waals surface area (Å²) in [7, 11) is 1.58. The molecule has 7 nitrogen and oxygen atoms in total. The number of ether oxygens (including phenoxy) is 1. The maximum absolute atomic E-state index is 13.4. The fourth-order valence-electron chi connectivity index (χ4n) is 3.30. The van der Waals surface area contributed by atoms with Crippen LogP contribution in [0.2, 0.25) is 0 Å². The molecule has 162 valence electrons. The van der Waals surface area contributed by atoms with E-state index >= 15 is 0 Å². The molecular weight excluding hydrogens is 413 g/mol. The zero-order valence-corrected chi connectivity index (χ0v) is 16.6. The van der Waals surface area contributed by atoms with Crippen LogP contribution >= 0.6 is 0 Å². The Morgan fingerprint density at radius 3 is 2.52 bits per heavy atom. The number of hydrogen-bond donors (Lipinski definition) is 1. The van der Waals surface area contributed by atoms with E-state index < -0.39 is 23.6 Å². The highest BCUT2D eigenvalue weighted by molar-refractivity contribution is 6.05. The minimum absolute atomic E-state index is 0.00739. The number of nitrogens with zero attached hydrogens (tertiary/aromatic N) is 3. The number of aromatic nitrogens is 1. The highest BCUT2D eigenvalue weighted by Gasteiger charge is 2.33. The third-order valence-corrected chi connectivity index (χ3v) is 4.96. The molecule has 1 saturated heterocycles. The quantitative estimate of drug-likeness (QED) is 0.798. The van der Waals surface area contributed by atoms with Crippen LogP contribution in [0.25, 0.3) is 0 Å². The largest absolute Gasteiger partial charge is 0.416 e. The molecule has 0 aliphatic carbocycles. The van der Waals surface area contributed by atoms with Crippen molar-refractivity contribution in [1.82, 2.24) is 9.88 Å². The van der Waals surface area contributed by atoms with Crippen LogP contribution in [0.4, 0.5) is 18.9 Å². The van der Waals surface area contributed by atoms with Gasteiger partial charge in [0.05, 0.1) is 11.7 Å². The van der Waals surface area contributed by atoms with Crippen molar-refractivity contribution in [2.24, 2.45) is 0 Å². The molecule has 0 unspecified atom stereocenters. The molecule has 0 spiro atoms. The van der Waals surface area contributed by atoms with Crippen LogP contribution in [0.5, 0.6) is 0 Å². The number of alkyl halides is 3. The van der Waals surface area contributed by atoms with Gasteiger partial charge in [0.25, 0.3) is 11.8 Å². The van der Waals surface area contributed by atoms with Gasteiger partial charge in [-0.1, -0.05) is 0 Å². The standard InChI is InChI=1S/C21H19F3N4O3/c1-31-18-3-6-28(7-4-18)20(30)14-8-15(21(22,23)24)11-16(10-14)27-19(29)13-2-5-26-17(9-13)12-25/h2,5,8-11,18H,3-4,6-7H2,1H3,(H,27,29). The molecule has 2 aromatic rings. The van der Waals surface area contributed by atoms with Gasteiger partial charge >= 0.3 is 6.18 Å². The molecular formula is C21H19F3N4O3. The molecule has 1 aliphatic rings. The predicted molar refractivity (Wildman–Crippen MR) is 104 cm³/mol. The van der Waals surface area contributed by atoms with E-state index in [1.165, 1.54) is 29.3 Å². The van der Waals surface area contributed by atoms with Crippen molar-refractivity contribution in [2.75, 3.05) is 25.5 Å². The topological polar surface area (TPSA) is 95.3 Å². The summed E-state index contributed by atoms with van der Waals surface area (Å²) < 4.78 is 45.5. The number of halogens is 3. The summed E-state index contributed by atoms with van der Waals surface area (Å²) >= 11 is 0. The van der Waals surface area contributed by atoms with Gasteiger partial charge < -0.3 is 15.0 Å². The second-order valence-electron chi connectivity index (χ2n) is 7.02. The maximum atomic E-state index is 13.4. The summed E-state index contributed by atoms with van der Waals surface area (Å²) in [5.74, 6) is -1.27. The normalized spacial score (nSPS) is 14.7. The Balaban J connectivity index is 1.87. The Morgan fingerprint density at radius 1 is 1.19 bits per heavy atom. The summed E-state index contributed by atoms with van der Waals surface area (Å²) in [6.45, 7) is 0.729. The second kappa shape index (κ2) is 9.14. The average Bonchev–Trinajstić information content (AvgIpc) is 2.77. The van der Waals surface area contributed by atoms with Gasteiger partial charge in [-0.2, -0.15) is 18.4 Å². The highest BCUT2D eigenvalue weighted by atomic mass is 19.4. The third-order valence-electron chi connectivity index (χ3n) is 4.96. The minimum Gasteiger partial charge on any atom is -0.381 e. The summed E-state index contributed by atoms with van der Waals surface area (Å²) in [5, 5.41) is 11.3. The average molecular weight is 432 g/mol. The Labute approximate surface area is 176 Å². The van der Waals surface area contributed by atoms with Crippen molar-refractivity contribution in [1.29, 1.82) is 5.26 Å². The van der Waals surface area contributed by atoms with Crippen LogP contribution in [0.15, 0.2) is 36.5 Å². The molecule has 1 N–H and O–H groups in total. The number of benzene rings is 1. The number of carbonyl (C=O) groups excluding carboxylic acids is 2. The first kappa shape index (κ1) is 22.2. The Hall–Kier alpha value is -3.45. The molecule has 1 fully saturated rings. The lowest BCUT2D eigenvalue weighted by Gasteiger charge is -2.31. The maximum Gasteiger partial charge on any atom is 0.416 e. The van der Waals surface area contributed by atoms with Crippen molar-refractivity contribution in [3.05, 3.63) is 58.9 Å². The lowest BCUT2D eigenvalue weighted by Crippen LogP contribution is -2.40. The van der Waals surface area contributed by atoms with E-state index in [4.69, 9.17) is 10.00 Å². The van der Waals surface area contributed by atoms with Crippen LogP contribution in [0.3, 0.4) is 0 Å². The van der Waals surface area contributed by atoms with Gasteiger partial charge in [-0.15, -0.1) is 0 Å². The van der Waals surface area contributed by atoms with E-state index in [1.54, 1.807) is 13.2 Å². The fourth-order valence-corrected chi connectivity index (χ4v) is 3.30. The number of methoxy groups -OCH3 is 1. The van der Waals surface area contributed by atoms with E-state index in [0.29, 0.717) is 25.9 Å². The minimum atomic E-state index is -4.70. The SMILES string of the molecule is COC1CCN(C(=O)c2cc(NC(=O)c3ccnc(C#N)c3)cc(C(F)(F)F)c2)CC1. The molecule has 3 rings (SSSR count). The molecule has 10 heteroatoms. The van der Waals surface area contributed by atoms with Crippen LogP contribution in [0.1, 0.15) is 44.8 Å². The van der Waals surface area contributed by atoms with Crippen molar-refractivity contribution in [2.45, 2.75) is 25.1 Å². The first-order valence-corrected chi connectivity index (χ1v) is 9.43. The molecule has 2 amide bonds. The van der Waals surface area contributed by atoms with Crippen LogP contribution in [-0.2, 0) is 10.9 Å². The number of anilines is 1. The predicted octanol–water partition coefficient (Wildman–Crippen LogP) is 3.48. The number of amides is 2. The molecule has 0 bridgehead atoms. The zero-order valence-electron chi connectivity index (χ0n) is 16.6. The zero-order chi connectivity index (χ0) is 22.6. The first-order valence-electron chi connectivity index (χ1n) is 9.43. The molecule has 31 heavy (non-hydrogen) atoms. The van der Waals surface area contributed by atoms with Gasteiger partial charge in [0.1, 0.15) is 11.8 Å². The van der Waals surface area contributed by atoms with E-state index in [2.05, 4.69) is 10.3 Å². The van der Waals surface area contributed by atoms with Crippen molar-refractivity contribution in [3.63, 3.8) is 0 Å². The smallest absolute Gasteiger partial charge is 0.381 e. The Bertz CT molecular complexity index is 1030. The number of nitriles is 1. The number of hydrogen-bond acceptors (Lipinski definition) is 5. The molecule has 0 atom stereocenters. The van der Waals surface area contributed by atoms with Gasteiger partial charge in [0, 0.05) is 43.2 Å². The van der Waals surface area contributed by atoms with Gasteiger partial charge in [-0.3, -0.25) is 9.59 Å². The molecule has 1 aromatic heterocycles. The van der Waals surface area contributed by atoms with Crippen molar-refractivity contribution >= 4 is 17.5 Å². The van der Waals surface area contributed by atoms with E-state index in [9.17, 15) is 22.8 Å². The number of likely N-dealkylation sites (tertiary alicyclic amines) is 1. The number of piperidine rings is 1. The fraction of sp³-hybridized carbons (Fsp3) is 0.333. The molecule has 2 heterocycles. The summed E-state index contributed by atoms with van der Waals surface area (Å²) in [6.07, 6.45) is -2.26. The summed E-state index contributed by atoms with van der Waals surface area (Å²) in [6, 6.07) is 7.08. The molecule has 0 saturated carbocycles.